The lowest BCUT2D eigenvalue weighted by Crippen LogP contribution is -2.37. The minimum absolute atomic E-state index is 0.298. The lowest BCUT2D eigenvalue weighted by molar-refractivity contribution is 0.1000. The highest BCUT2D eigenvalue weighted by atomic mass is 16.4. The average Bonchev–Trinajstić information content (AvgIpc) is 3.12. The smallest absolute Gasteiger partial charge is 0.423 e. The number of benzene rings is 1. The van der Waals surface area contributed by atoms with Gasteiger partial charge in [0.2, 0.25) is 5.91 Å². The number of primary amides is 1. The van der Waals surface area contributed by atoms with Crippen molar-refractivity contribution in [3.05, 3.63) is 47.7 Å². The number of urea groups is 1. The van der Waals surface area contributed by atoms with Crippen LogP contribution in [0.25, 0.3) is 0 Å². The van der Waals surface area contributed by atoms with Crippen LogP contribution in [0.3, 0.4) is 0 Å². The molecule has 29 heavy (non-hydrogen) atoms. The van der Waals surface area contributed by atoms with E-state index in [-0.39, 0.29) is 6.03 Å². The summed E-state index contributed by atoms with van der Waals surface area (Å²) in [5.41, 5.74) is 7.01. The first-order valence-electron chi connectivity index (χ1n) is 9.70. The number of nitrogens with zero attached hydrogens (tertiary/aromatic N) is 3. The zero-order valence-corrected chi connectivity index (χ0v) is 17.6. The number of anilines is 2. The van der Waals surface area contributed by atoms with E-state index in [1.54, 1.807) is 31.2 Å². The predicted molar refractivity (Wildman–Crippen MR) is 117 cm³/mol. The van der Waals surface area contributed by atoms with Crippen LogP contribution < -0.4 is 21.0 Å². The predicted octanol–water partition coefficient (Wildman–Crippen LogP) is 1.67. The van der Waals surface area contributed by atoms with Gasteiger partial charge in [0.05, 0.1) is 0 Å². The van der Waals surface area contributed by atoms with Gasteiger partial charge in [0, 0.05) is 30.5 Å². The van der Waals surface area contributed by atoms with Crippen molar-refractivity contribution in [2.75, 3.05) is 22.9 Å². The topological polar surface area (TPSA) is 120 Å². The Balaban J connectivity index is 0.000000989. The van der Waals surface area contributed by atoms with Gasteiger partial charge in [-0.1, -0.05) is 33.8 Å². The standard InChI is InChI=1S/C16H17BN4O4.2C2H6/c1-10-13(17(24)25)5-6-19-15(10)21-8-7-20(16(21)23)12-4-2-3-11(9-12)14(18)22;2*1-2/h2-6,9,24-25H,7-8H2,1H3,(H2,18,22);2*1-2H3. The van der Waals surface area contributed by atoms with E-state index < -0.39 is 13.0 Å². The van der Waals surface area contributed by atoms with E-state index in [2.05, 4.69) is 4.98 Å². The molecule has 9 heteroatoms. The van der Waals surface area contributed by atoms with Gasteiger partial charge in [-0.05, 0) is 42.2 Å². The Labute approximate surface area is 172 Å². The van der Waals surface area contributed by atoms with Crippen molar-refractivity contribution in [2.24, 2.45) is 5.73 Å². The maximum absolute atomic E-state index is 12.8. The van der Waals surface area contributed by atoms with Gasteiger partial charge in [0.1, 0.15) is 5.82 Å². The van der Waals surface area contributed by atoms with Crippen LogP contribution in [0.2, 0.25) is 0 Å². The third kappa shape index (κ3) is 5.33. The molecule has 3 rings (SSSR count). The van der Waals surface area contributed by atoms with Crippen LogP contribution in [0.15, 0.2) is 36.5 Å². The molecule has 0 spiro atoms. The Morgan fingerprint density at radius 1 is 1.10 bits per heavy atom. The molecule has 0 aliphatic carbocycles. The number of rotatable bonds is 4. The molecule has 8 nitrogen and oxygen atoms in total. The molecule has 1 aromatic carbocycles. The lowest BCUT2D eigenvalue weighted by Gasteiger charge is -2.20. The Kier molecular flexibility index (Phi) is 9.31. The van der Waals surface area contributed by atoms with Crippen molar-refractivity contribution in [2.45, 2.75) is 34.6 Å². The molecule has 0 saturated carbocycles. The van der Waals surface area contributed by atoms with Gasteiger partial charge >= 0.3 is 13.1 Å². The summed E-state index contributed by atoms with van der Waals surface area (Å²) in [5, 5.41) is 18.8. The van der Waals surface area contributed by atoms with Crippen LogP contribution in [0.4, 0.5) is 16.3 Å². The second kappa shape index (κ2) is 11.2. The lowest BCUT2D eigenvalue weighted by atomic mass is 9.78. The number of nitrogens with two attached hydrogens (primary N) is 1. The number of amides is 3. The average molecular weight is 400 g/mol. The molecule has 1 saturated heterocycles. The van der Waals surface area contributed by atoms with Gasteiger partial charge in [-0.3, -0.25) is 14.6 Å². The zero-order valence-electron chi connectivity index (χ0n) is 17.6. The molecule has 4 N–H and O–H groups in total. The maximum Gasteiger partial charge on any atom is 0.488 e. The Morgan fingerprint density at radius 3 is 2.31 bits per heavy atom. The quantitative estimate of drug-likeness (QED) is 0.675. The molecule has 0 radical (unpaired) electrons. The van der Waals surface area contributed by atoms with Crippen molar-refractivity contribution in [1.29, 1.82) is 0 Å². The summed E-state index contributed by atoms with van der Waals surface area (Å²) in [6.07, 6.45) is 1.43. The number of aromatic nitrogens is 1. The summed E-state index contributed by atoms with van der Waals surface area (Å²) in [7, 11) is -1.64. The number of pyridine rings is 1. The molecule has 3 amide bonds. The molecule has 1 aliphatic rings. The highest BCUT2D eigenvalue weighted by Crippen LogP contribution is 2.26. The molecule has 0 unspecified atom stereocenters. The summed E-state index contributed by atoms with van der Waals surface area (Å²) in [6, 6.07) is 7.74. The fraction of sp³-hybridized carbons (Fsp3) is 0.350. The normalized spacial score (nSPS) is 12.6. The van der Waals surface area contributed by atoms with Gasteiger partial charge in [0.15, 0.2) is 0 Å². The van der Waals surface area contributed by atoms with Crippen molar-refractivity contribution < 1.29 is 19.6 Å². The van der Waals surface area contributed by atoms with Crippen LogP contribution in [0, 0.1) is 6.92 Å². The van der Waals surface area contributed by atoms with Crippen LogP contribution in [0.5, 0.6) is 0 Å². The number of carbonyl (C=O) groups is 2. The Hall–Kier alpha value is -2.91. The first-order valence-corrected chi connectivity index (χ1v) is 9.70. The van der Waals surface area contributed by atoms with Crippen molar-refractivity contribution in [3.63, 3.8) is 0 Å². The summed E-state index contributed by atoms with van der Waals surface area (Å²) in [4.78, 5) is 31.3. The maximum atomic E-state index is 12.8. The van der Waals surface area contributed by atoms with Crippen LogP contribution in [0.1, 0.15) is 43.6 Å². The van der Waals surface area contributed by atoms with Gasteiger partial charge in [-0.15, -0.1) is 0 Å². The van der Waals surface area contributed by atoms with Crippen LogP contribution in [-0.4, -0.2) is 47.2 Å². The fourth-order valence-electron chi connectivity index (χ4n) is 2.89. The second-order valence-electron chi connectivity index (χ2n) is 5.72. The molecule has 1 aliphatic heterocycles. The van der Waals surface area contributed by atoms with E-state index in [1.807, 2.05) is 27.7 Å². The summed E-state index contributed by atoms with van der Waals surface area (Å²) >= 11 is 0. The van der Waals surface area contributed by atoms with Crippen LogP contribution in [-0.2, 0) is 0 Å². The molecule has 2 aromatic rings. The molecule has 1 aromatic heterocycles. The van der Waals surface area contributed by atoms with E-state index in [4.69, 9.17) is 5.73 Å². The Bertz CT molecular complexity index is 845. The van der Waals surface area contributed by atoms with Crippen molar-refractivity contribution in [1.82, 2.24) is 4.98 Å². The van der Waals surface area contributed by atoms with Gasteiger partial charge < -0.3 is 15.8 Å². The first-order chi connectivity index (χ1) is 13.9. The van der Waals surface area contributed by atoms with Crippen LogP contribution >= 0.6 is 0 Å². The fourth-order valence-corrected chi connectivity index (χ4v) is 2.89. The summed E-state index contributed by atoms with van der Waals surface area (Å²) in [6.45, 7) is 10.5. The molecule has 0 bridgehead atoms. The minimum atomic E-state index is -1.64. The van der Waals surface area contributed by atoms with Gasteiger partial charge in [0.25, 0.3) is 0 Å². The molecule has 0 atom stereocenters. The van der Waals surface area contributed by atoms with Crippen molar-refractivity contribution >= 4 is 36.0 Å². The van der Waals surface area contributed by atoms with Crippen molar-refractivity contribution in [3.8, 4) is 0 Å². The highest BCUT2D eigenvalue weighted by Gasteiger charge is 2.33. The van der Waals surface area contributed by atoms with E-state index in [0.29, 0.717) is 41.2 Å². The Morgan fingerprint density at radius 2 is 1.72 bits per heavy atom. The first kappa shape index (κ1) is 24.1. The van der Waals surface area contributed by atoms with Gasteiger partial charge in [-0.2, -0.15) is 0 Å². The van der Waals surface area contributed by atoms with E-state index >= 15 is 0 Å². The zero-order chi connectivity index (χ0) is 22.1. The number of carbonyl (C=O) groups excluding carboxylic acids is 2. The number of hydrogen-bond donors (Lipinski definition) is 3. The molecular weight excluding hydrogens is 371 g/mol. The second-order valence-corrected chi connectivity index (χ2v) is 5.72. The van der Waals surface area contributed by atoms with E-state index in [9.17, 15) is 19.6 Å². The van der Waals surface area contributed by atoms with E-state index in [1.165, 1.54) is 22.1 Å². The monoisotopic (exact) mass is 400 g/mol. The SMILES string of the molecule is CC.CC.Cc1c(B(O)O)ccnc1N1CCN(c2cccc(C(N)=O)c2)C1=O. The number of hydrogen-bond acceptors (Lipinski definition) is 5. The highest BCUT2D eigenvalue weighted by molar-refractivity contribution is 6.59. The molecule has 2 heterocycles. The minimum Gasteiger partial charge on any atom is -0.423 e. The summed E-state index contributed by atoms with van der Waals surface area (Å²) in [5.74, 6) is -0.184. The third-order valence-corrected chi connectivity index (χ3v) is 4.20. The van der Waals surface area contributed by atoms with Gasteiger partial charge in [-0.25, -0.2) is 9.78 Å². The summed E-state index contributed by atoms with van der Waals surface area (Å²) < 4.78 is 0. The van der Waals surface area contributed by atoms with E-state index in [0.717, 1.165) is 0 Å². The molecular formula is C20H29BN4O4. The molecule has 1 fully saturated rings. The third-order valence-electron chi connectivity index (χ3n) is 4.20. The molecule has 156 valence electrons. The largest absolute Gasteiger partial charge is 0.488 e.